The zero-order valence-electron chi connectivity index (χ0n) is 18.5. The minimum absolute atomic E-state index is 0.114. The third-order valence-electron chi connectivity index (χ3n) is 5.91. The van der Waals surface area contributed by atoms with E-state index in [1.54, 1.807) is 18.2 Å². The zero-order chi connectivity index (χ0) is 22.5. The van der Waals surface area contributed by atoms with Crippen LogP contribution in [0.3, 0.4) is 0 Å². The van der Waals surface area contributed by atoms with Crippen LogP contribution in [-0.4, -0.2) is 38.8 Å². The van der Waals surface area contributed by atoms with E-state index in [2.05, 4.69) is 21.3 Å². The number of hydrogen-bond donors (Lipinski definition) is 1. The first-order valence-corrected chi connectivity index (χ1v) is 11.0. The fourth-order valence-corrected chi connectivity index (χ4v) is 4.25. The van der Waals surface area contributed by atoms with Gasteiger partial charge in [0.05, 0.1) is 17.8 Å². The molecule has 1 fully saturated rings. The van der Waals surface area contributed by atoms with Crippen molar-refractivity contribution in [3.05, 3.63) is 82.9 Å². The lowest BCUT2D eigenvalue weighted by atomic mass is 9.96. The molecule has 1 atom stereocenters. The largest absolute Gasteiger partial charge is 0.323 e. The van der Waals surface area contributed by atoms with Gasteiger partial charge in [0.1, 0.15) is 11.6 Å². The van der Waals surface area contributed by atoms with Crippen LogP contribution in [-0.2, 0) is 17.8 Å². The van der Waals surface area contributed by atoms with E-state index in [1.165, 1.54) is 6.07 Å². The van der Waals surface area contributed by atoms with Gasteiger partial charge in [-0.3, -0.25) is 14.7 Å². The number of nitrogens with one attached hydrogen (secondary N) is 1. The molecular formula is C25H28FN5O. The lowest BCUT2D eigenvalue weighted by Crippen LogP contribution is -2.35. The number of anilines is 1. The number of nitrogens with zero attached hydrogens (tertiary/aromatic N) is 4. The van der Waals surface area contributed by atoms with E-state index in [1.807, 2.05) is 32.2 Å². The van der Waals surface area contributed by atoms with Crippen molar-refractivity contribution < 1.29 is 9.18 Å². The number of pyridine rings is 1. The molecule has 1 saturated heterocycles. The summed E-state index contributed by atoms with van der Waals surface area (Å²) >= 11 is 0. The van der Waals surface area contributed by atoms with Gasteiger partial charge in [0.25, 0.3) is 0 Å². The lowest BCUT2D eigenvalue weighted by molar-refractivity contribution is -0.115. The van der Waals surface area contributed by atoms with Gasteiger partial charge in [0, 0.05) is 42.2 Å². The second-order valence-corrected chi connectivity index (χ2v) is 8.33. The van der Waals surface area contributed by atoms with E-state index in [4.69, 9.17) is 9.97 Å². The Morgan fingerprint density at radius 1 is 1.12 bits per heavy atom. The Labute approximate surface area is 187 Å². The Morgan fingerprint density at radius 2 is 1.88 bits per heavy atom. The smallest absolute Gasteiger partial charge is 0.229 e. The van der Waals surface area contributed by atoms with Crippen LogP contribution in [0.25, 0.3) is 0 Å². The first-order valence-electron chi connectivity index (χ1n) is 11.0. The van der Waals surface area contributed by atoms with Crippen LogP contribution in [0, 0.1) is 19.7 Å². The standard InChI is InChI=1S/C25H28FN5O/c1-17-21(14-24(32)30-23-11-4-3-10-22(23)26)18(2)29-25(28-17)19-8-7-13-31(15-19)16-20-9-5-6-12-27-20/h3-6,9-12,19H,7-8,13-16H2,1-2H3,(H,30,32). The highest BCUT2D eigenvalue weighted by Crippen LogP contribution is 2.27. The summed E-state index contributed by atoms with van der Waals surface area (Å²) < 4.78 is 13.8. The lowest BCUT2D eigenvalue weighted by Gasteiger charge is -2.32. The Bertz CT molecular complexity index is 1070. The van der Waals surface area contributed by atoms with Crippen molar-refractivity contribution in [2.45, 2.75) is 45.6 Å². The summed E-state index contributed by atoms with van der Waals surface area (Å²) in [6.45, 7) is 6.59. The summed E-state index contributed by atoms with van der Waals surface area (Å²) in [7, 11) is 0. The fraction of sp³-hybridized carbons (Fsp3) is 0.360. The summed E-state index contributed by atoms with van der Waals surface area (Å²) in [5.74, 6) is 0.362. The van der Waals surface area contributed by atoms with Crippen molar-refractivity contribution in [2.24, 2.45) is 0 Å². The van der Waals surface area contributed by atoms with Crippen molar-refractivity contribution in [3.63, 3.8) is 0 Å². The molecule has 0 aliphatic carbocycles. The number of hydrogen-bond acceptors (Lipinski definition) is 5. The Balaban J connectivity index is 1.44. The quantitative estimate of drug-likeness (QED) is 0.631. The number of amides is 1. The highest BCUT2D eigenvalue weighted by atomic mass is 19.1. The Hall–Kier alpha value is -3.19. The molecule has 1 N–H and O–H groups in total. The number of benzene rings is 1. The topological polar surface area (TPSA) is 71.0 Å². The SMILES string of the molecule is Cc1nc(C2CCCN(Cc3ccccn3)C2)nc(C)c1CC(=O)Nc1ccccc1F. The Morgan fingerprint density at radius 3 is 2.59 bits per heavy atom. The number of halogens is 1. The number of carbonyl (C=O) groups excluding carboxylic acids is 1. The third kappa shape index (κ3) is 5.34. The predicted octanol–water partition coefficient (Wildman–Crippen LogP) is 4.19. The maximum absolute atomic E-state index is 13.8. The molecule has 166 valence electrons. The number of para-hydroxylation sites is 1. The number of piperidine rings is 1. The van der Waals surface area contributed by atoms with E-state index < -0.39 is 5.82 Å². The maximum Gasteiger partial charge on any atom is 0.229 e. The van der Waals surface area contributed by atoms with E-state index in [0.717, 1.165) is 60.9 Å². The monoisotopic (exact) mass is 433 g/mol. The van der Waals surface area contributed by atoms with Crippen molar-refractivity contribution in [3.8, 4) is 0 Å². The Kier molecular flexibility index (Phi) is 6.85. The molecule has 32 heavy (non-hydrogen) atoms. The van der Waals surface area contributed by atoms with Gasteiger partial charge in [0.15, 0.2) is 0 Å². The van der Waals surface area contributed by atoms with Crippen molar-refractivity contribution in [1.82, 2.24) is 19.9 Å². The number of aromatic nitrogens is 3. The summed E-state index contributed by atoms with van der Waals surface area (Å²) in [5.41, 5.74) is 3.65. The van der Waals surface area contributed by atoms with Crippen molar-refractivity contribution >= 4 is 11.6 Å². The van der Waals surface area contributed by atoms with Crippen LogP contribution < -0.4 is 5.32 Å². The molecule has 1 unspecified atom stereocenters. The summed E-state index contributed by atoms with van der Waals surface area (Å²) in [5, 5.41) is 2.64. The molecule has 4 rings (SSSR count). The predicted molar refractivity (Wildman–Crippen MR) is 122 cm³/mol. The van der Waals surface area contributed by atoms with Crippen LogP contribution in [0.1, 0.15) is 47.2 Å². The van der Waals surface area contributed by atoms with Crippen molar-refractivity contribution in [1.29, 1.82) is 0 Å². The average molecular weight is 434 g/mol. The summed E-state index contributed by atoms with van der Waals surface area (Å²) in [6, 6.07) is 12.1. The molecule has 1 aromatic carbocycles. The molecule has 7 heteroatoms. The summed E-state index contributed by atoms with van der Waals surface area (Å²) in [6.07, 6.45) is 4.08. The second kappa shape index (κ2) is 9.96. The van der Waals surface area contributed by atoms with E-state index in [9.17, 15) is 9.18 Å². The van der Waals surface area contributed by atoms with Crippen molar-refractivity contribution in [2.75, 3.05) is 18.4 Å². The van der Waals surface area contributed by atoms with Crippen LogP contribution >= 0.6 is 0 Å². The molecule has 0 bridgehead atoms. The maximum atomic E-state index is 13.8. The molecule has 1 aliphatic rings. The molecule has 0 spiro atoms. The third-order valence-corrected chi connectivity index (χ3v) is 5.91. The molecule has 3 heterocycles. The number of aryl methyl sites for hydroxylation is 2. The van der Waals surface area contributed by atoms with Gasteiger partial charge in [0.2, 0.25) is 5.91 Å². The van der Waals surface area contributed by atoms with Crippen LogP contribution in [0.15, 0.2) is 48.7 Å². The molecule has 3 aromatic rings. The molecule has 0 saturated carbocycles. The van der Waals surface area contributed by atoms with Gasteiger partial charge in [-0.1, -0.05) is 18.2 Å². The van der Waals surface area contributed by atoms with Crippen LogP contribution in [0.2, 0.25) is 0 Å². The normalized spacial score (nSPS) is 16.7. The van der Waals surface area contributed by atoms with Gasteiger partial charge in [-0.25, -0.2) is 14.4 Å². The minimum Gasteiger partial charge on any atom is -0.323 e. The highest BCUT2D eigenvalue weighted by Gasteiger charge is 2.25. The molecular weight excluding hydrogens is 405 g/mol. The molecule has 6 nitrogen and oxygen atoms in total. The second-order valence-electron chi connectivity index (χ2n) is 8.33. The van der Waals surface area contributed by atoms with Gasteiger partial charge in [-0.05, 0) is 57.5 Å². The number of likely N-dealkylation sites (tertiary alicyclic amines) is 1. The van der Waals surface area contributed by atoms with E-state index in [0.29, 0.717) is 0 Å². The average Bonchev–Trinajstić information content (AvgIpc) is 2.78. The fourth-order valence-electron chi connectivity index (χ4n) is 4.25. The zero-order valence-corrected chi connectivity index (χ0v) is 18.5. The van der Waals surface area contributed by atoms with Crippen LogP contribution in [0.5, 0.6) is 0 Å². The number of rotatable bonds is 6. The van der Waals surface area contributed by atoms with Gasteiger partial charge >= 0.3 is 0 Å². The molecule has 2 aromatic heterocycles. The highest BCUT2D eigenvalue weighted by molar-refractivity contribution is 5.92. The summed E-state index contributed by atoms with van der Waals surface area (Å²) in [4.78, 5) is 28.9. The van der Waals surface area contributed by atoms with E-state index in [-0.39, 0.29) is 23.9 Å². The number of carbonyl (C=O) groups is 1. The first kappa shape index (κ1) is 22.0. The van der Waals surface area contributed by atoms with Gasteiger partial charge < -0.3 is 5.32 Å². The molecule has 1 amide bonds. The van der Waals surface area contributed by atoms with E-state index >= 15 is 0 Å². The molecule has 1 aliphatic heterocycles. The van der Waals surface area contributed by atoms with Gasteiger partial charge in [-0.2, -0.15) is 0 Å². The minimum atomic E-state index is -0.451. The van der Waals surface area contributed by atoms with Gasteiger partial charge in [-0.15, -0.1) is 0 Å². The molecule has 0 radical (unpaired) electrons. The first-order chi connectivity index (χ1) is 15.5. The van der Waals surface area contributed by atoms with Crippen LogP contribution in [0.4, 0.5) is 10.1 Å².